The standard InChI is InChI=1S/C86H168O17P2/c1-8-9-10-11-12-13-14-22-32-39-46-53-60-67-83(88)96-73-81(103-86(91)70-63-56-49-42-35-28-21-19-25-31-38-45-52-59-66-79(6)7)75-100-104(92,93)98-71-80(87)72-99-105(94,95)101-76-82(74-97-84(89)68-61-54-47-40-33-26-20-18-24-30-37-44-51-58-65-78(4)5)102-85(90)69-62-55-48-41-34-27-17-15-16-23-29-36-43-50-57-64-77(2)3/h77-82,87H,8-76H2,1-7H3,(H,92,93)(H,94,95)/t80-,81+,82+/m0/s1. The van der Waals surface area contributed by atoms with Gasteiger partial charge in [-0.3, -0.25) is 37.3 Å². The van der Waals surface area contributed by atoms with Crippen molar-refractivity contribution < 1.29 is 80.2 Å². The molecular formula is C86H168O17P2. The summed E-state index contributed by atoms with van der Waals surface area (Å²) in [6.07, 6.45) is 66.4. The van der Waals surface area contributed by atoms with Crippen LogP contribution in [-0.4, -0.2) is 96.7 Å². The molecule has 19 heteroatoms. The molecule has 0 aromatic carbocycles. The van der Waals surface area contributed by atoms with Gasteiger partial charge in [0.2, 0.25) is 0 Å². The Labute approximate surface area is 645 Å². The second-order valence-corrected chi connectivity index (χ2v) is 35.3. The van der Waals surface area contributed by atoms with Crippen LogP contribution in [0.3, 0.4) is 0 Å². The van der Waals surface area contributed by atoms with Gasteiger partial charge in [0.25, 0.3) is 0 Å². The lowest BCUT2D eigenvalue weighted by Crippen LogP contribution is -2.30. The molecule has 0 rings (SSSR count). The Morgan fingerprint density at radius 1 is 0.257 bits per heavy atom. The van der Waals surface area contributed by atoms with Crippen molar-refractivity contribution in [1.29, 1.82) is 0 Å². The predicted molar refractivity (Wildman–Crippen MR) is 432 cm³/mol. The molecule has 0 heterocycles. The summed E-state index contributed by atoms with van der Waals surface area (Å²) in [5.41, 5.74) is 0. The number of ether oxygens (including phenoxy) is 4. The Balaban J connectivity index is 5.27. The van der Waals surface area contributed by atoms with Crippen molar-refractivity contribution in [3.8, 4) is 0 Å². The number of hydrogen-bond donors (Lipinski definition) is 3. The third-order valence-corrected chi connectivity index (χ3v) is 22.0. The second-order valence-electron chi connectivity index (χ2n) is 32.4. The Hall–Kier alpha value is -1.94. The number of rotatable bonds is 84. The van der Waals surface area contributed by atoms with Gasteiger partial charge in [-0.2, -0.15) is 0 Å². The second kappa shape index (κ2) is 76.1. The summed E-state index contributed by atoms with van der Waals surface area (Å²) in [5.74, 6) is 0.295. The van der Waals surface area contributed by atoms with Crippen molar-refractivity contribution in [2.24, 2.45) is 17.8 Å². The fourth-order valence-electron chi connectivity index (χ4n) is 13.4. The van der Waals surface area contributed by atoms with Gasteiger partial charge in [-0.1, -0.05) is 402 Å². The van der Waals surface area contributed by atoms with Gasteiger partial charge in [0, 0.05) is 25.7 Å². The van der Waals surface area contributed by atoms with Crippen LogP contribution in [0, 0.1) is 17.8 Å². The van der Waals surface area contributed by atoms with E-state index < -0.39 is 97.5 Å². The molecule has 0 aliphatic carbocycles. The quantitative estimate of drug-likeness (QED) is 0.0222. The largest absolute Gasteiger partial charge is 0.472 e. The fraction of sp³-hybridized carbons (Fsp3) is 0.953. The van der Waals surface area contributed by atoms with Gasteiger partial charge >= 0.3 is 39.5 Å². The molecule has 0 amide bonds. The molecule has 624 valence electrons. The minimum atomic E-state index is -4.97. The highest BCUT2D eigenvalue weighted by atomic mass is 31.2. The van der Waals surface area contributed by atoms with E-state index in [1.54, 1.807) is 0 Å². The van der Waals surface area contributed by atoms with Gasteiger partial charge in [-0.25, -0.2) is 9.13 Å². The molecule has 2 unspecified atom stereocenters. The summed E-state index contributed by atoms with van der Waals surface area (Å²) in [7, 11) is -9.93. The molecule has 0 fully saturated rings. The van der Waals surface area contributed by atoms with Crippen LogP contribution in [-0.2, 0) is 65.4 Å². The number of esters is 4. The molecular weight excluding hydrogens is 1370 g/mol. The van der Waals surface area contributed by atoms with E-state index in [0.29, 0.717) is 25.7 Å². The summed E-state index contributed by atoms with van der Waals surface area (Å²) in [6, 6.07) is 0. The number of aliphatic hydroxyl groups excluding tert-OH is 1. The zero-order valence-corrected chi connectivity index (χ0v) is 71.0. The maximum Gasteiger partial charge on any atom is 0.472 e. The normalized spacial score (nSPS) is 13.9. The molecule has 5 atom stereocenters. The molecule has 0 aromatic heterocycles. The van der Waals surface area contributed by atoms with E-state index >= 15 is 0 Å². The Morgan fingerprint density at radius 2 is 0.438 bits per heavy atom. The highest BCUT2D eigenvalue weighted by Gasteiger charge is 2.30. The minimum absolute atomic E-state index is 0.108. The summed E-state index contributed by atoms with van der Waals surface area (Å²) in [4.78, 5) is 73.3. The van der Waals surface area contributed by atoms with Crippen LogP contribution in [0.1, 0.15) is 453 Å². The molecule has 3 N–H and O–H groups in total. The molecule has 0 aliphatic heterocycles. The number of phosphoric ester groups is 2. The predicted octanol–water partition coefficient (Wildman–Crippen LogP) is 26.1. The summed E-state index contributed by atoms with van der Waals surface area (Å²) >= 11 is 0. The number of aliphatic hydroxyl groups is 1. The fourth-order valence-corrected chi connectivity index (χ4v) is 14.9. The zero-order chi connectivity index (χ0) is 77.2. The van der Waals surface area contributed by atoms with Crippen molar-refractivity contribution in [2.75, 3.05) is 39.6 Å². The smallest absolute Gasteiger partial charge is 0.462 e. The number of phosphoric acid groups is 2. The number of carbonyl (C=O) groups is 4. The molecule has 105 heavy (non-hydrogen) atoms. The molecule has 17 nitrogen and oxygen atoms in total. The first-order chi connectivity index (χ1) is 50.7. The maximum absolute atomic E-state index is 13.1. The van der Waals surface area contributed by atoms with Gasteiger partial charge < -0.3 is 33.8 Å². The topological polar surface area (TPSA) is 237 Å². The van der Waals surface area contributed by atoms with Gasteiger partial charge in [-0.05, 0) is 43.4 Å². The average molecular weight is 1540 g/mol. The summed E-state index contributed by atoms with van der Waals surface area (Å²) < 4.78 is 69.0. The summed E-state index contributed by atoms with van der Waals surface area (Å²) in [5, 5.41) is 10.7. The van der Waals surface area contributed by atoms with E-state index in [2.05, 4.69) is 48.5 Å². The van der Waals surface area contributed by atoms with Crippen LogP contribution in [0.25, 0.3) is 0 Å². The molecule has 0 saturated heterocycles. The van der Waals surface area contributed by atoms with Crippen molar-refractivity contribution in [3.63, 3.8) is 0 Å². The number of carbonyl (C=O) groups excluding carboxylic acids is 4. The van der Waals surface area contributed by atoms with Crippen molar-refractivity contribution in [2.45, 2.75) is 471 Å². The highest BCUT2D eigenvalue weighted by molar-refractivity contribution is 7.47. The maximum atomic E-state index is 13.1. The van der Waals surface area contributed by atoms with Gasteiger partial charge in [0.05, 0.1) is 26.4 Å². The molecule has 0 aliphatic rings. The third kappa shape index (κ3) is 79.9. The Kier molecular flexibility index (Phi) is 74.7. The molecule has 0 aromatic rings. The van der Waals surface area contributed by atoms with Gasteiger partial charge in [0.15, 0.2) is 12.2 Å². The van der Waals surface area contributed by atoms with Crippen LogP contribution in [0.2, 0.25) is 0 Å². The average Bonchev–Trinajstić information content (AvgIpc) is 0.906. The minimum Gasteiger partial charge on any atom is -0.462 e. The first-order valence-corrected chi connectivity index (χ1v) is 47.3. The lowest BCUT2D eigenvalue weighted by molar-refractivity contribution is -0.161. The van der Waals surface area contributed by atoms with E-state index in [-0.39, 0.29) is 25.7 Å². The number of unbranched alkanes of at least 4 members (excludes halogenated alkanes) is 52. The lowest BCUT2D eigenvalue weighted by Gasteiger charge is -2.21. The van der Waals surface area contributed by atoms with E-state index in [0.717, 1.165) is 108 Å². The van der Waals surface area contributed by atoms with Crippen LogP contribution in [0.4, 0.5) is 0 Å². The van der Waals surface area contributed by atoms with Crippen molar-refractivity contribution in [3.05, 3.63) is 0 Å². The monoisotopic (exact) mass is 1540 g/mol. The Bertz CT molecular complexity index is 2030. The number of hydrogen-bond acceptors (Lipinski definition) is 15. The molecule has 0 spiro atoms. The highest BCUT2D eigenvalue weighted by Crippen LogP contribution is 2.45. The van der Waals surface area contributed by atoms with E-state index in [1.165, 1.54) is 263 Å². The molecule has 0 saturated carbocycles. The van der Waals surface area contributed by atoms with Crippen LogP contribution in [0.15, 0.2) is 0 Å². The van der Waals surface area contributed by atoms with Gasteiger partial charge in [0.1, 0.15) is 19.3 Å². The van der Waals surface area contributed by atoms with Crippen LogP contribution >= 0.6 is 15.6 Å². The first-order valence-electron chi connectivity index (χ1n) is 44.3. The van der Waals surface area contributed by atoms with Crippen LogP contribution < -0.4 is 0 Å². The molecule has 0 radical (unpaired) electrons. The van der Waals surface area contributed by atoms with E-state index in [1.807, 2.05) is 0 Å². The SMILES string of the molecule is CCCCCCCCCCCCCCCC(=O)OC[C@H](COP(=O)(O)OC[C@H](O)COP(=O)(O)OC[C@@H](COC(=O)CCCCCCCCCCCCCCCCC(C)C)OC(=O)CCCCCCCCCCCCCCCCCC(C)C)OC(=O)CCCCCCCCCCCCCCCCC(C)C. The van der Waals surface area contributed by atoms with E-state index in [9.17, 15) is 43.2 Å². The van der Waals surface area contributed by atoms with Crippen molar-refractivity contribution in [1.82, 2.24) is 0 Å². The molecule has 0 bridgehead atoms. The van der Waals surface area contributed by atoms with Gasteiger partial charge in [-0.15, -0.1) is 0 Å². The van der Waals surface area contributed by atoms with Crippen LogP contribution in [0.5, 0.6) is 0 Å². The third-order valence-electron chi connectivity index (χ3n) is 20.1. The Morgan fingerprint density at radius 3 is 0.648 bits per heavy atom. The zero-order valence-electron chi connectivity index (χ0n) is 69.2. The first kappa shape index (κ1) is 103. The van der Waals surface area contributed by atoms with Crippen molar-refractivity contribution >= 4 is 39.5 Å². The summed E-state index contributed by atoms with van der Waals surface area (Å²) in [6.45, 7) is 12.1. The lowest BCUT2D eigenvalue weighted by atomic mass is 10.0. The van der Waals surface area contributed by atoms with E-state index in [4.69, 9.17) is 37.0 Å².